The van der Waals surface area contributed by atoms with Gasteiger partial charge in [0.2, 0.25) is 11.8 Å². The second kappa shape index (κ2) is 7.18. The van der Waals surface area contributed by atoms with Crippen LogP contribution in [-0.4, -0.2) is 18.4 Å². The standard InChI is InChI=1S/C23H28N2O2/c1-15-10-16(2)12-19(11-15)24-22(27)17-13-21(26)25(14-17)20-8-6-18(7-9-20)23(3,4)5/h6-12,17H,13-14H2,1-5H3,(H,24,27). The molecule has 0 radical (unpaired) electrons. The van der Waals surface area contributed by atoms with Crippen molar-refractivity contribution in [2.24, 2.45) is 5.92 Å². The van der Waals surface area contributed by atoms with Crippen LogP contribution in [-0.2, 0) is 15.0 Å². The van der Waals surface area contributed by atoms with Crippen LogP contribution in [0.1, 0.15) is 43.9 Å². The molecule has 4 heteroatoms. The van der Waals surface area contributed by atoms with Gasteiger partial charge in [0, 0.05) is 24.3 Å². The largest absolute Gasteiger partial charge is 0.326 e. The van der Waals surface area contributed by atoms with E-state index in [0.717, 1.165) is 22.5 Å². The van der Waals surface area contributed by atoms with Crippen LogP contribution in [0.3, 0.4) is 0 Å². The maximum Gasteiger partial charge on any atom is 0.229 e. The maximum absolute atomic E-state index is 12.7. The van der Waals surface area contributed by atoms with E-state index >= 15 is 0 Å². The molecule has 1 atom stereocenters. The fraction of sp³-hybridized carbons (Fsp3) is 0.391. The van der Waals surface area contributed by atoms with Gasteiger partial charge in [0.25, 0.3) is 0 Å². The van der Waals surface area contributed by atoms with Crippen LogP contribution in [0.25, 0.3) is 0 Å². The highest BCUT2D eigenvalue weighted by molar-refractivity contribution is 6.03. The van der Waals surface area contributed by atoms with Crippen LogP contribution >= 0.6 is 0 Å². The summed E-state index contributed by atoms with van der Waals surface area (Å²) in [5, 5.41) is 2.97. The second-order valence-electron chi connectivity index (χ2n) is 8.57. The predicted molar refractivity (Wildman–Crippen MR) is 110 cm³/mol. The lowest BCUT2D eigenvalue weighted by Crippen LogP contribution is -2.28. The Kier molecular flexibility index (Phi) is 5.09. The highest BCUT2D eigenvalue weighted by atomic mass is 16.2. The molecule has 1 aliphatic rings. The van der Waals surface area contributed by atoms with Crippen LogP contribution in [0.2, 0.25) is 0 Å². The smallest absolute Gasteiger partial charge is 0.229 e. The molecule has 1 unspecified atom stereocenters. The van der Waals surface area contributed by atoms with E-state index in [4.69, 9.17) is 0 Å². The van der Waals surface area contributed by atoms with Gasteiger partial charge in [-0.15, -0.1) is 0 Å². The molecular weight excluding hydrogens is 336 g/mol. The Morgan fingerprint density at radius 2 is 1.63 bits per heavy atom. The molecule has 4 nitrogen and oxygen atoms in total. The zero-order valence-electron chi connectivity index (χ0n) is 16.8. The molecular formula is C23H28N2O2. The van der Waals surface area contributed by atoms with Crippen molar-refractivity contribution in [2.75, 3.05) is 16.8 Å². The lowest BCUT2D eigenvalue weighted by molar-refractivity contribution is -0.122. The minimum absolute atomic E-state index is 0.000850. The topological polar surface area (TPSA) is 49.4 Å². The fourth-order valence-electron chi connectivity index (χ4n) is 3.57. The number of aryl methyl sites for hydroxylation is 2. The number of carbonyl (C=O) groups excluding carboxylic acids is 2. The minimum Gasteiger partial charge on any atom is -0.326 e. The Hall–Kier alpha value is -2.62. The van der Waals surface area contributed by atoms with Gasteiger partial charge >= 0.3 is 0 Å². The van der Waals surface area contributed by atoms with Crippen molar-refractivity contribution in [3.8, 4) is 0 Å². The molecule has 1 heterocycles. The highest BCUT2D eigenvalue weighted by Gasteiger charge is 2.35. The molecule has 0 bridgehead atoms. The van der Waals surface area contributed by atoms with Gasteiger partial charge in [0.1, 0.15) is 0 Å². The average Bonchev–Trinajstić information content (AvgIpc) is 2.95. The van der Waals surface area contributed by atoms with Crippen molar-refractivity contribution in [3.63, 3.8) is 0 Å². The zero-order chi connectivity index (χ0) is 19.8. The number of hydrogen-bond donors (Lipinski definition) is 1. The minimum atomic E-state index is -0.333. The van der Waals surface area contributed by atoms with E-state index in [2.05, 4.69) is 44.3 Å². The average molecular weight is 364 g/mol. The summed E-state index contributed by atoms with van der Waals surface area (Å²) in [5.74, 6) is -0.429. The molecule has 1 aliphatic heterocycles. The van der Waals surface area contributed by atoms with E-state index in [1.807, 2.05) is 38.1 Å². The summed E-state index contributed by atoms with van der Waals surface area (Å²) in [5.41, 5.74) is 5.15. The number of anilines is 2. The van der Waals surface area contributed by atoms with Crippen molar-refractivity contribution in [1.82, 2.24) is 0 Å². The Balaban J connectivity index is 1.70. The van der Waals surface area contributed by atoms with Gasteiger partial charge < -0.3 is 10.2 Å². The number of amides is 2. The lowest BCUT2D eigenvalue weighted by Gasteiger charge is -2.21. The van der Waals surface area contributed by atoms with Crippen molar-refractivity contribution in [1.29, 1.82) is 0 Å². The van der Waals surface area contributed by atoms with Gasteiger partial charge in [0.15, 0.2) is 0 Å². The van der Waals surface area contributed by atoms with Crippen molar-refractivity contribution < 1.29 is 9.59 Å². The Labute approximate surface area is 161 Å². The summed E-state index contributed by atoms with van der Waals surface area (Å²) >= 11 is 0. The fourth-order valence-corrected chi connectivity index (χ4v) is 3.57. The number of benzene rings is 2. The van der Waals surface area contributed by atoms with E-state index < -0.39 is 0 Å². The molecule has 1 saturated heterocycles. The molecule has 0 aliphatic carbocycles. The molecule has 1 N–H and O–H groups in total. The number of nitrogens with zero attached hydrogens (tertiary/aromatic N) is 1. The molecule has 142 valence electrons. The Morgan fingerprint density at radius 1 is 1.04 bits per heavy atom. The second-order valence-corrected chi connectivity index (χ2v) is 8.57. The molecule has 0 saturated carbocycles. The van der Waals surface area contributed by atoms with Gasteiger partial charge in [-0.2, -0.15) is 0 Å². The molecule has 2 aromatic carbocycles. The van der Waals surface area contributed by atoms with E-state index in [-0.39, 0.29) is 29.6 Å². The predicted octanol–water partition coefficient (Wildman–Crippen LogP) is 4.59. The number of carbonyl (C=O) groups is 2. The first-order chi connectivity index (χ1) is 12.6. The molecule has 3 rings (SSSR count). The number of nitrogens with one attached hydrogen (secondary N) is 1. The first kappa shape index (κ1) is 19.2. The Bertz CT molecular complexity index is 843. The maximum atomic E-state index is 12.7. The summed E-state index contributed by atoms with van der Waals surface area (Å²) in [6, 6.07) is 14.0. The third-order valence-corrected chi connectivity index (χ3v) is 5.03. The third kappa shape index (κ3) is 4.38. The van der Waals surface area contributed by atoms with Crippen LogP contribution in [0, 0.1) is 19.8 Å². The van der Waals surface area contributed by atoms with Gasteiger partial charge in [0.05, 0.1) is 5.92 Å². The van der Waals surface area contributed by atoms with Crippen LogP contribution in [0.4, 0.5) is 11.4 Å². The zero-order valence-corrected chi connectivity index (χ0v) is 16.8. The molecule has 27 heavy (non-hydrogen) atoms. The first-order valence-corrected chi connectivity index (χ1v) is 9.43. The monoisotopic (exact) mass is 364 g/mol. The quantitative estimate of drug-likeness (QED) is 0.866. The molecule has 2 aromatic rings. The van der Waals surface area contributed by atoms with Crippen molar-refractivity contribution in [3.05, 3.63) is 59.2 Å². The van der Waals surface area contributed by atoms with Gasteiger partial charge in [-0.1, -0.05) is 39.0 Å². The van der Waals surface area contributed by atoms with E-state index in [0.29, 0.717) is 6.54 Å². The van der Waals surface area contributed by atoms with Crippen LogP contribution in [0.15, 0.2) is 42.5 Å². The van der Waals surface area contributed by atoms with E-state index in [1.54, 1.807) is 4.90 Å². The molecule has 2 amide bonds. The highest BCUT2D eigenvalue weighted by Crippen LogP contribution is 2.29. The summed E-state index contributed by atoms with van der Waals surface area (Å²) in [4.78, 5) is 26.9. The first-order valence-electron chi connectivity index (χ1n) is 9.43. The van der Waals surface area contributed by atoms with E-state index in [1.165, 1.54) is 5.56 Å². The molecule has 0 aromatic heterocycles. The Morgan fingerprint density at radius 3 is 2.19 bits per heavy atom. The van der Waals surface area contributed by atoms with Gasteiger partial charge in [-0.25, -0.2) is 0 Å². The molecule has 0 spiro atoms. The molecule has 1 fully saturated rings. The van der Waals surface area contributed by atoms with Crippen molar-refractivity contribution in [2.45, 2.75) is 46.5 Å². The van der Waals surface area contributed by atoms with Crippen LogP contribution < -0.4 is 10.2 Å². The van der Waals surface area contributed by atoms with Crippen molar-refractivity contribution >= 4 is 23.2 Å². The van der Waals surface area contributed by atoms with Gasteiger partial charge in [-0.3, -0.25) is 9.59 Å². The van der Waals surface area contributed by atoms with E-state index in [9.17, 15) is 9.59 Å². The normalized spacial score (nSPS) is 17.3. The lowest BCUT2D eigenvalue weighted by atomic mass is 9.87. The summed E-state index contributed by atoms with van der Waals surface area (Å²) < 4.78 is 0. The summed E-state index contributed by atoms with van der Waals surface area (Å²) in [6.07, 6.45) is 0.248. The third-order valence-electron chi connectivity index (χ3n) is 5.03. The summed E-state index contributed by atoms with van der Waals surface area (Å²) in [6.45, 7) is 10.9. The van der Waals surface area contributed by atoms with Gasteiger partial charge in [-0.05, 0) is 60.2 Å². The summed E-state index contributed by atoms with van der Waals surface area (Å²) in [7, 11) is 0. The number of rotatable bonds is 3. The SMILES string of the molecule is Cc1cc(C)cc(NC(=O)C2CC(=O)N(c3ccc(C(C)(C)C)cc3)C2)c1. The van der Waals surface area contributed by atoms with Crippen LogP contribution in [0.5, 0.6) is 0 Å². The number of hydrogen-bond acceptors (Lipinski definition) is 2.